The van der Waals surface area contributed by atoms with Crippen LogP contribution in [0.5, 0.6) is 17.2 Å². The van der Waals surface area contributed by atoms with Gasteiger partial charge in [-0.2, -0.15) is 0 Å². The largest absolute Gasteiger partial charge is 0.507 e. The normalized spacial score (nSPS) is 15.1. The Morgan fingerprint density at radius 1 is 0.944 bits per heavy atom. The Bertz CT molecular complexity index is 1220. The summed E-state index contributed by atoms with van der Waals surface area (Å²) in [7, 11) is 4.82. The Kier molecular flexibility index (Phi) is 8.18. The Hall–Kier alpha value is -3.49. The van der Waals surface area contributed by atoms with E-state index in [1.54, 1.807) is 32.0 Å². The summed E-state index contributed by atoms with van der Waals surface area (Å²) in [5.41, 5.74) is 2.79. The number of para-hydroxylation sites is 1. The Morgan fingerprint density at radius 2 is 1.67 bits per heavy atom. The zero-order valence-electron chi connectivity index (χ0n) is 21.4. The Morgan fingerprint density at radius 3 is 2.31 bits per heavy atom. The lowest BCUT2D eigenvalue weighted by Gasteiger charge is -2.41. The van der Waals surface area contributed by atoms with E-state index in [-0.39, 0.29) is 11.3 Å². The van der Waals surface area contributed by atoms with E-state index in [2.05, 4.69) is 21.9 Å². The highest BCUT2D eigenvalue weighted by atomic mass is 16.5. The van der Waals surface area contributed by atoms with E-state index < -0.39 is 6.04 Å². The number of aromatic hydroxyl groups is 1. The highest BCUT2D eigenvalue weighted by Gasteiger charge is 2.33. The van der Waals surface area contributed by atoms with Crippen molar-refractivity contribution in [1.29, 1.82) is 0 Å². The molecule has 0 spiro atoms. The van der Waals surface area contributed by atoms with E-state index in [1.807, 2.05) is 43.3 Å². The summed E-state index contributed by atoms with van der Waals surface area (Å²) < 4.78 is 18.0. The number of ether oxygens (including phenoxy) is 3. The van der Waals surface area contributed by atoms with Gasteiger partial charge < -0.3 is 28.8 Å². The van der Waals surface area contributed by atoms with E-state index >= 15 is 0 Å². The van der Waals surface area contributed by atoms with Crippen LogP contribution in [0.25, 0.3) is 0 Å². The number of nitrogens with zero attached hydrogens (tertiary/aromatic N) is 3. The molecule has 2 aromatic carbocycles. The molecule has 1 aliphatic rings. The number of piperazine rings is 1. The number of rotatable bonds is 9. The van der Waals surface area contributed by atoms with Crippen molar-refractivity contribution in [3.63, 3.8) is 0 Å². The molecule has 1 N–H and O–H groups in total. The van der Waals surface area contributed by atoms with Crippen LogP contribution in [0.1, 0.15) is 22.9 Å². The first kappa shape index (κ1) is 25.6. The zero-order chi connectivity index (χ0) is 25.7. The maximum absolute atomic E-state index is 13.8. The highest BCUT2D eigenvalue weighted by Crippen LogP contribution is 2.39. The molecule has 8 nitrogen and oxygen atoms in total. The molecule has 0 unspecified atom stereocenters. The lowest BCUT2D eigenvalue weighted by molar-refractivity contribution is 0.183. The molecular weight excluding hydrogens is 458 g/mol. The van der Waals surface area contributed by atoms with E-state index in [1.165, 1.54) is 5.69 Å². The third kappa shape index (κ3) is 5.20. The van der Waals surface area contributed by atoms with Crippen molar-refractivity contribution in [2.75, 3.05) is 59.0 Å². The van der Waals surface area contributed by atoms with Gasteiger partial charge >= 0.3 is 0 Å². The van der Waals surface area contributed by atoms with Gasteiger partial charge in [0.2, 0.25) is 0 Å². The summed E-state index contributed by atoms with van der Waals surface area (Å²) in [6, 6.07) is 17.1. The second-order valence-electron chi connectivity index (χ2n) is 8.90. The molecule has 4 rings (SSSR count). The lowest BCUT2D eigenvalue weighted by atomic mass is 9.94. The second kappa shape index (κ2) is 11.5. The minimum Gasteiger partial charge on any atom is -0.507 e. The molecule has 8 heteroatoms. The van der Waals surface area contributed by atoms with Gasteiger partial charge in [0.25, 0.3) is 5.56 Å². The maximum atomic E-state index is 13.8. The van der Waals surface area contributed by atoms with Crippen molar-refractivity contribution in [3.05, 3.63) is 81.8 Å². The van der Waals surface area contributed by atoms with Crippen LogP contribution in [0.2, 0.25) is 0 Å². The first-order chi connectivity index (χ1) is 17.5. The molecule has 1 fully saturated rings. The molecule has 1 atom stereocenters. The van der Waals surface area contributed by atoms with Crippen molar-refractivity contribution in [2.45, 2.75) is 19.5 Å². The summed E-state index contributed by atoms with van der Waals surface area (Å²) in [6.07, 6.45) is 0. The average Bonchev–Trinajstić information content (AvgIpc) is 2.91. The van der Waals surface area contributed by atoms with E-state index in [0.717, 1.165) is 18.7 Å². The predicted molar refractivity (Wildman–Crippen MR) is 141 cm³/mol. The Balaban J connectivity index is 1.79. The van der Waals surface area contributed by atoms with Crippen molar-refractivity contribution < 1.29 is 19.3 Å². The van der Waals surface area contributed by atoms with E-state index in [9.17, 15) is 9.90 Å². The number of methoxy groups -OCH3 is 3. The number of pyridine rings is 1. The van der Waals surface area contributed by atoms with Crippen LogP contribution >= 0.6 is 0 Å². The van der Waals surface area contributed by atoms with Gasteiger partial charge in [-0.3, -0.25) is 9.69 Å². The smallest absolute Gasteiger partial charge is 0.259 e. The number of benzene rings is 2. The van der Waals surface area contributed by atoms with Gasteiger partial charge in [0.15, 0.2) is 0 Å². The summed E-state index contributed by atoms with van der Waals surface area (Å²) >= 11 is 0. The van der Waals surface area contributed by atoms with Crippen LogP contribution in [-0.4, -0.2) is 68.7 Å². The molecule has 0 radical (unpaired) electrons. The molecule has 2 heterocycles. The number of anilines is 1. The van der Waals surface area contributed by atoms with Gasteiger partial charge in [-0.05, 0) is 37.3 Å². The SMILES string of the molecule is COCCn1c(C)cc(O)c([C@@H](c2ccc(OC)cc2OC)N2CCN(c3ccccc3)CC2)c1=O. The van der Waals surface area contributed by atoms with Crippen LogP contribution in [0, 0.1) is 6.92 Å². The Labute approximate surface area is 212 Å². The van der Waals surface area contributed by atoms with Crippen molar-refractivity contribution in [3.8, 4) is 17.2 Å². The number of hydrogen-bond donors (Lipinski definition) is 1. The van der Waals surface area contributed by atoms with Crippen LogP contribution in [0.4, 0.5) is 5.69 Å². The lowest BCUT2D eigenvalue weighted by Crippen LogP contribution is -2.49. The molecule has 0 amide bonds. The van der Waals surface area contributed by atoms with Gasteiger partial charge in [0, 0.05) is 62.8 Å². The number of aryl methyl sites for hydroxylation is 1. The van der Waals surface area contributed by atoms with Crippen molar-refractivity contribution in [2.24, 2.45) is 0 Å². The minimum absolute atomic E-state index is 0.0143. The van der Waals surface area contributed by atoms with E-state index in [4.69, 9.17) is 14.2 Å². The van der Waals surface area contributed by atoms with Gasteiger partial charge in [0.1, 0.15) is 17.2 Å². The number of aromatic nitrogens is 1. The second-order valence-corrected chi connectivity index (χ2v) is 8.90. The summed E-state index contributed by atoms with van der Waals surface area (Å²) in [5.74, 6) is 1.25. The molecule has 0 bridgehead atoms. The standard InChI is InChI=1S/C28H35N3O5/c1-20-18-24(32)26(28(33)31(20)16-17-34-2)27(23-11-10-22(35-3)19-25(23)36-4)30-14-12-29(13-15-30)21-8-6-5-7-9-21/h5-11,18-19,27,32H,12-17H2,1-4H3/t27-/m1/s1. The fraction of sp³-hybridized carbons (Fsp3) is 0.393. The van der Waals surface area contributed by atoms with Gasteiger partial charge in [-0.25, -0.2) is 0 Å². The molecule has 0 aliphatic carbocycles. The quantitative estimate of drug-likeness (QED) is 0.489. The first-order valence-corrected chi connectivity index (χ1v) is 12.2. The van der Waals surface area contributed by atoms with Gasteiger partial charge in [-0.15, -0.1) is 0 Å². The van der Waals surface area contributed by atoms with Gasteiger partial charge in [-0.1, -0.05) is 18.2 Å². The van der Waals surface area contributed by atoms with Crippen molar-refractivity contribution in [1.82, 2.24) is 9.47 Å². The zero-order valence-corrected chi connectivity index (χ0v) is 21.4. The predicted octanol–water partition coefficient (Wildman–Crippen LogP) is 3.44. The molecule has 3 aromatic rings. The molecular formula is C28H35N3O5. The molecule has 1 aromatic heterocycles. The first-order valence-electron chi connectivity index (χ1n) is 12.2. The fourth-order valence-electron chi connectivity index (χ4n) is 4.94. The van der Waals surface area contributed by atoms with E-state index in [0.29, 0.717) is 49.0 Å². The van der Waals surface area contributed by atoms with Crippen LogP contribution < -0.4 is 19.9 Å². The molecule has 1 aliphatic heterocycles. The molecule has 1 saturated heterocycles. The minimum atomic E-state index is -0.495. The average molecular weight is 494 g/mol. The van der Waals surface area contributed by atoms with Crippen LogP contribution in [0.15, 0.2) is 59.4 Å². The third-order valence-electron chi connectivity index (χ3n) is 6.85. The molecule has 36 heavy (non-hydrogen) atoms. The topological polar surface area (TPSA) is 76.4 Å². The fourth-order valence-corrected chi connectivity index (χ4v) is 4.94. The summed E-state index contributed by atoms with van der Waals surface area (Å²) in [6.45, 7) is 5.63. The monoisotopic (exact) mass is 493 g/mol. The summed E-state index contributed by atoms with van der Waals surface area (Å²) in [4.78, 5) is 18.4. The van der Waals surface area contributed by atoms with Gasteiger partial charge in [0.05, 0.1) is 32.4 Å². The molecule has 0 saturated carbocycles. The third-order valence-corrected chi connectivity index (χ3v) is 6.85. The number of hydrogen-bond acceptors (Lipinski definition) is 7. The van der Waals surface area contributed by atoms with Crippen LogP contribution in [-0.2, 0) is 11.3 Å². The van der Waals surface area contributed by atoms with Crippen LogP contribution in [0.3, 0.4) is 0 Å². The highest BCUT2D eigenvalue weighted by molar-refractivity contribution is 5.50. The summed E-state index contributed by atoms with van der Waals surface area (Å²) in [5, 5.41) is 11.1. The molecule has 192 valence electrons. The maximum Gasteiger partial charge on any atom is 0.259 e. The van der Waals surface area contributed by atoms with Crippen molar-refractivity contribution >= 4 is 5.69 Å².